The van der Waals surface area contributed by atoms with Gasteiger partial charge in [-0.05, 0) is 49.4 Å². The molecule has 0 saturated carbocycles. The molecule has 0 aliphatic carbocycles. The summed E-state index contributed by atoms with van der Waals surface area (Å²) >= 11 is 3.59. The zero-order chi connectivity index (χ0) is 14.3. The van der Waals surface area contributed by atoms with Crippen LogP contribution in [0.15, 0.2) is 10.8 Å². The van der Waals surface area contributed by atoms with Gasteiger partial charge in [-0.2, -0.15) is 0 Å². The van der Waals surface area contributed by atoms with Crippen LogP contribution in [0, 0.1) is 0 Å². The van der Waals surface area contributed by atoms with Gasteiger partial charge < -0.3 is 15.1 Å². The first-order valence-corrected chi connectivity index (χ1v) is 7.45. The number of nitrogens with zero attached hydrogens (tertiary/aromatic N) is 4. The van der Waals surface area contributed by atoms with E-state index in [4.69, 9.17) is 0 Å². The fourth-order valence-electron chi connectivity index (χ4n) is 1.72. The van der Waals surface area contributed by atoms with E-state index in [0.717, 1.165) is 48.6 Å². The Kier molecular flexibility index (Phi) is 7.09. The lowest BCUT2D eigenvalue weighted by molar-refractivity contribution is 0.401. The zero-order valence-electron chi connectivity index (χ0n) is 12.3. The molecule has 108 valence electrons. The first-order chi connectivity index (χ1) is 9.06. The molecule has 0 radical (unpaired) electrons. The molecular weight excluding hydrogens is 306 g/mol. The maximum atomic E-state index is 4.36. The minimum Gasteiger partial charge on any atom is -0.369 e. The quantitative estimate of drug-likeness (QED) is 0.793. The third kappa shape index (κ3) is 5.32. The minimum absolute atomic E-state index is 0.867. The predicted octanol–water partition coefficient (Wildman–Crippen LogP) is 2.45. The number of hydrogen-bond acceptors (Lipinski definition) is 5. The summed E-state index contributed by atoms with van der Waals surface area (Å²) in [6, 6.07) is 0. The summed E-state index contributed by atoms with van der Waals surface area (Å²) in [4.78, 5) is 13.0. The van der Waals surface area contributed by atoms with Crippen LogP contribution >= 0.6 is 15.9 Å². The molecular formula is C13H24BrN5. The van der Waals surface area contributed by atoms with E-state index in [1.807, 2.05) is 0 Å². The molecule has 1 aromatic rings. The number of rotatable bonds is 8. The summed E-state index contributed by atoms with van der Waals surface area (Å²) in [6.07, 6.45) is 3.79. The molecule has 0 bridgehead atoms. The standard InChI is InChI=1S/C13H24BrN5/c1-5-7-15-12-11(14)13(17-10-16-12)19(4)9-6-8-18(2)3/h10H,5-9H2,1-4H3,(H,15,16,17). The smallest absolute Gasteiger partial charge is 0.148 e. The van der Waals surface area contributed by atoms with Crippen LogP contribution in [0.4, 0.5) is 11.6 Å². The van der Waals surface area contributed by atoms with Crippen molar-refractivity contribution in [3.05, 3.63) is 10.8 Å². The fraction of sp³-hybridized carbons (Fsp3) is 0.692. The number of anilines is 2. The van der Waals surface area contributed by atoms with Crippen LogP contribution in [-0.4, -0.2) is 55.6 Å². The van der Waals surface area contributed by atoms with Crippen molar-refractivity contribution in [2.75, 3.05) is 51.0 Å². The van der Waals surface area contributed by atoms with E-state index >= 15 is 0 Å². The average molecular weight is 330 g/mol. The molecule has 1 heterocycles. The van der Waals surface area contributed by atoms with Crippen LogP contribution < -0.4 is 10.2 Å². The molecule has 0 aliphatic heterocycles. The fourth-order valence-corrected chi connectivity index (χ4v) is 2.37. The van der Waals surface area contributed by atoms with E-state index in [1.54, 1.807) is 6.33 Å². The Labute approximate surface area is 124 Å². The van der Waals surface area contributed by atoms with Gasteiger partial charge in [-0.3, -0.25) is 0 Å². The van der Waals surface area contributed by atoms with E-state index in [9.17, 15) is 0 Å². The van der Waals surface area contributed by atoms with Gasteiger partial charge in [0, 0.05) is 20.1 Å². The molecule has 0 aliphatic rings. The molecule has 6 heteroatoms. The average Bonchev–Trinajstić information content (AvgIpc) is 2.37. The summed E-state index contributed by atoms with van der Waals surface area (Å²) in [5.74, 6) is 1.80. The maximum absolute atomic E-state index is 4.36. The lowest BCUT2D eigenvalue weighted by atomic mass is 10.3. The Hall–Kier alpha value is -0.880. The maximum Gasteiger partial charge on any atom is 0.148 e. The zero-order valence-corrected chi connectivity index (χ0v) is 13.9. The van der Waals surface area contributed by atoms with Crippen LogP contribution in [0.25, 0.3) is 0 Å². The van der Waals surface area contributed by atoms with Gasteiger partial charge in [-0.15, -0.1) is 0 Å². The minimum atomic E-state index is 0.867. The topological polar surface area (TPSA) is 44.3 Å². The second-order valence-corrected chi connectivity index (χ2v) is 5.66. The van der Waals surface area contributed by atoms with Gasteiger partial charge in [0.15, 0.2) is 0 Å². The summed E-state index contributed by atoms with van der Waals surface area (Å²) in [6.45, 7) is 5.10. The van der Waals surface area contributed by atoms with Gasteiger partial charge in [-0.25, -0.2) is 9.97 Å². The number of halogens is 1. The lowest BCUT2D eigenvalue weighted by Crippen LogP contribution is -2.24. The van der Waals surface area contributed by atoms with E-state index in [1.165, 1.54) is 0 Å². The Balaban J connectivity index is 2.65. The summed E-state index contributed by atoms with van der Waals surface area (Å²) < 4.78 is 0.941. The van der Waals surface area contributed by atoms with Crippen LogP contribution in [0.1, 0.15) is 19.8 Å². The van der Waals surface area contributed by atoms with Crippen LogP contribution in [-0.2, 0) is 0 Å². The molecule has 0 unspecified atom stereocenters. The Morgan fingerprint density at radius 2 is 1.95 bits per heavy atom. The Morgan fingerprint density at radius 3 is 2.58 bits per heavy atom. The van der Waals surface area contributed by atoms with Crippen LogP contribution in [0.2, 0.25) is 0 Å². The molecule has 0 atom stereocenters. The highest BCUT2D eigenvalue weighted by Crippen LogP contribution is 2.28. The van der Waals surface area contributed by atoms with Crippen molar-refractivity contribution in [3.63, 3.8) is 0 Å². The van der Waals surface area contributed by atoms with Gasteiger partial charge in [0.05, 0.1) is 0 Å². The molecule has 19 heavy (non-hydrogen) atoms. The molecule has 0 amide bonds. The first kappa shape index (κ1) is 16.2. The molecule has 1 aromatic heterocycles. The largest absolute Gasteiger partial charge is 0.369 e. The Bertz CT molecular complexity index is 383. The first-order valence-electron chi connectivity index (χ1n) is 6.66. The van der Waals surface area contributed by atoms with Gasteiger partial charge >= 0.3 is 0 Å². The second-order valence-electron chi connectivity index (χ2n) is 4.87. The third-order valence-corrected chi connectivity index (χ3v) is 3.50. The number of hydrogen-bond donors (Lipinski definition) is 1. The van der Waals surface area contributed by atoms with Crippen LogP contribution in [0.5, 0.6) is 0 Å². The Morgan fingerprint density at radius 1 is 1.21 bits per heavy atom. The van der Waals surface area contributed by atoms with Crippen molar-refractivity contribution in [3.8, 4) is 0 Å². The summed E-state index contributed by atoms with van der Waals surface area (Å²) in [5.41, 5.74) is 0. The van der Waals surface area contributed by atoms with Gasteiger partial charge in [-0.1, -0.05) is 6.92 Å². The summed E-state index contributed by atoms with van der Waals surface area (Å²) in [7, 11) is 6.24. The van der Waals surface area contributed by atoms with Crippen molar-refractivity contribution >= 4 is 27.6 Å². The van der Waals surface area contributed by atoms with E-state index in [0.29, 0.717) is 0 Å². The van der Waals surface area contributed by atoms with Crippen molar-refractivity contribution in [1.29, 1.82) is 0 Å². The van der Waals surface area contributed by atoms with Crippen LogP contribution in [0.3, 0.4) is 0 Å². The third-order valence-electron chi connectivity index (χ3n) is 2.77. The molecule has 1 rings (SSSR count). The van der Waals surface area contributed by atoms with E-state index in [-0.39, 0.29) is 0 Å². The SMILES string of the molecule is CCCNc1ncnc(N(C)CCCN(C)C)c1Br. The lowest BCUT2D eigenvalue weighted by Gasteiger charge is -2.21. The number of aromatic nitrogens is 2. The molecule has 1 N–H and O–H groups in total. The molecule has 0 aromatic carbocycles. The van der Waals surface area contributed by atoms with Crippen molar-refractivity contribution in [2.45, 2.75) is 19.8 Å². The van der Waals surface area contributed by atoms with E-state index < -0.39 is 0 Å². The summed E-state index contributed by atoms with van der Waals surface area (Å²) in [5, 5.41) is 3.30. The van der Waals surface area contributed by atoms with Gasteiger partial charge in [0.1, 0.15) is 22.4 Å². The highest BCUT2D eigenvalue weighted by molar-refractivity contribution is 9.10. The van der Waals surface area contributed by atoms with E-state index in [2.05, 4.69) is 69.1 Å². The normalized spacial score (nSPS) is 10.8. The number of nitrogens with one attached hydrogen (secondary N) is 1. The monoisotopic (exact) mass is 329 g/mol. The second kappa shape index (κ2) is 8.32. The molecule has 5 nitrogen and oxygen atoms in total. The predicted molar refractivity (Wildman–Crippen MR) is 85.0 cm³/mol. The molecule has 0 saturated heterocycles. The van der Waals surface area contributed by atoms with Gasteiger partial charge in [0.25, 0.3) is 0 Å². The molecule has 0 fully saturated rings. The van der Waals surface area contributed by atoms with Crippen molar-refractivity contribution in [2.24, 2.45) is 0 Å². The highest BCUT2D eigenvalue weighted by atomic mass is 79.9. The van der Waals surface area contributed by atoms with Crippen molar-refractivity contribution in [1.82, 2.24) is 14.9 Å². The van der Waals surface area contributed by atoms with Crippen molar-refractivity contribution < 1.29 is 0 Å². The highest BCUT2D eigenvalue weighted by Gasteiger charge is 2.12. The molecule has 0 spiro atoms. The van der Waals surface area contributed by atoms with Gasteiger partial charge in [0.2, 0.25) is 0 Å².